The van der Waals surface area contributed by atoms with Crippen molar-refractivity contribution in [3.8, 4) is 0 Å². The highest BCUT2D eigenvalue weighted by molar-refractivity contribution is 5.96. The second-order valence-corrected chi connectivity index (χ2v) is 5.58. The van der Waals surface area contributed by atoms with E-state index in [-0.39, 0.29) is 35.0 Å². The molecule has 2 fully saturated rings. The van der Waals surface area contributed by atoms with Gasteiger partial charge in [-0.2, -0.15) is 0 Å². The van der Waals surface area contributed by atoms with Gasteiger partial charge in [0.2, 0.25) is 0 Å². The van der Waals surface area contributed by atoms with E-state index in [0.29, 0.717) is 0 Å². The number of hydrogen-bond donors (Lipinski definition) is 2. The Morgan fingerprint density at radius 3 is 2.85 bits per heavy atom. The number of nitrogens with two attached hydrogens (primary N) is 1. The smallest absolute Gasteiger partial charge is 0.273 e. The molecule has 0 radical (unpaired) electrons. The van der Waals surface area contributed by atoms with Crippen molar-refractivity contribution in [2.24, 2.45) is 5.41 Å². The minimum Gasteiger partial charge on any atom is -0.382 e. The molecule has 0 bridgehead atoms. The van der Waals surface area contributed by atoms with Gasteiger partial charge in [-0.25, -0.2) is 9.97 Å². The van der Waals surface area contributed by atoms with Crippen molar-refractivity contribution in [2.75, 3.05) is 12.3 Å². The molecular formula is C14H20N4O2. The third-order valence-electron chi connectivity index (χ3n) is 4.68. The number of nitrogens with zero attached hydrogens (tertiary/aromatic N) is 2. The van der Waals surface area contributed by atoms with Gasteiger partial charge in [0.05, 0.1) is 6.10 Å². The van der Waals surface area contributed by atoms with Gasteiger partial charge in [-0.05, 0) is 26.2 Å². The molecule has 20 heavy (non-hydrogen) atoms. The number of nitrogen functional groups attached to an aromatic ring is 1. The maximum absolute atomic E-state index is 12.2. The Labute approximate surface area is 118 Å². The van der Waals surface area contributed by atoms with Crippen molar-refractivity contribution in [2.45, 2.75) is 44.8 Å². The van der Waals surface area contributed by atoms with Gasteiger partial charge in [0.15, 0.2) is 11.5 Å². The molecule has 2 aliphatic carbocycles. The van der Waals surface area contributed by atoms with Crippen molar-refractivity contribution in [3.05, 3.63) is 18.1 Å². The van der Waals surface area contributed by atoms with Crippen LogP contribution in [0.5, 0.6) is 0 Å². The van der Waals surface area contributed by atoms with E-state index in [1.165, 1.54) is 18.8 Å². The monoisotopic (exact) mass is 276 g/mol. The predicted molar refractivity (Wildman–Crippen MR) is 74.0 cm³/mol. The summed E-state index contributed by atoms with van der Waals surface area (Å²) in [6.45, 7) is 2.74. The molecule has 0 unspecified atom stereocenters. The molecule has 0 aliphatic heterocycles. The standard InChI is InChI=1S/C14H20N4O2/c1-2-20-10-8-9(14(10)4-3-5-14)18-13(19)11-12(15)17-7-6-16-11/h6-7,9-10H,2-5,8H2,1H3,(H2,15,17)(H,18,19)/t9-,10-/m0/s1. The molecule has 2 saturated carbocycles. The quantitative estimate of drug-likeness (QED) is 0.860. The summed E-state index contributed by atoms with van der Waals surface area (Å²) in [5, 5.41) is 3.05. The molecule has 6 nitrogen and oxygen atoms in total. The van der Waals surface area contributed by atoms with Crippen LogP contribution in [-0.2, 0) is 4.74 Å². The molecule has 1 amide bonds. The average Bonchev–Trinajstić information content (AvgIpc) is 2.35. The Morgan fingerprint density at radius 1 is 1.50 bits per heavy atom. The first kappa shape index (κ1) is 13.3. The van der Waals surface area contributed by atoms with Crippen LogP contribution in [0.2, 0.25) is 0 Å². The second-order valence-electron chi connectivity index (χ2n) is 5.58. The first-order valence-electron chi connectivity index (χ1n) is 7.16. The van der Waals surface area contributed by atoms with E-state index in [4.69, 9.17) is 10.5 Å². The van der Waals surface area contributed by atoms with Crippen LogP contribution in [0, 0.1) is 5.41 Å². The number of ether oxygens (including phenoxy) is 1. The van der Waals surface area contributed by atoms with Crippen LogP contribution < -0.4 is 11.1 Å². The summed E-state index contributed by atoms with van der Waals surface area (Å²) in [6.07, 6.45) is 7.58. The van der Waals surface area contributed by atoms with Gasteiger partial charge in [0, 0.05) is 30.5 Å². The maximum Gasteiger partial charge on any atom is 0.273 e. The van der Waals surface area contributed by atoms with Crippen LogP contribution in [0.15, 0.2) is 12.4 Å². The third kappa shape index (κ3) is 1.95. The molecule has 2 aliphatic rings. The Bertz CT molecular complexity index is 516. The minimum atomic E-state index is -0.234. The second kappa shape index (κ2) is 5.01. The molecule has 1 spiro atoms. The predicted octanol–water partition coefficient (Wildman–Crippen LogP) is 1.14. The molecule has 3 rings (SSSR count). The Balaban J connectivity index is 1.67. The number of rotatable bonds is 4. The van der Waals surface area contributed by atoms with Gasteiger partial charge in [-0.1, -0.05) is 6.42 Å². The van der Waals surface area contributed by atoms with Gasteiger partial charge in [-0.15, -0.1) is 0 Å². The van der Waals surface area contributed by atoms with Crippen molar-refractivity contribution in [1.82, 2.24) is 15.3 Å². The summed E-state index contributed by atoms with van der Waals surface area (Å²) in [4.78, 5) is 20.1. The molecular weight excluding hydrogens is 256 g/mol. The Hall–Kier alpha value is -1.69. The maximum atomic E-state index is 12.2. The van der Waals surface area contributed by atoms with Crippen molar-refractivity contribution < 1.29 is 9.53 Å². The van der Waals surface area contributed by atoms with E-state index in [0.717, 1.165) is 25.9 Å². The van der Waals surface area contributed by atoms with Crippen LogP contribution in [0.3, 0.4) is 0 Å². The van der Waals surface area contributed by atoms with Crippen molar-refractivity contribution in [1.29, 1.82) is 0 Å². The number of nitrogens with one attached hydrogen (secondary N) is 1. The molecule has 3 N–H and O–H groups in total. The molecule has 2 atom stereocenters. The molecule has 0 saturated heterocycles. The summed E-state index contributed by atoms with van der Waals surface area (Å²) in [7, 11) is 0. The van der Waals surface area contributed by atoms with Gasteiger partial charge < -0.3 is 15.8 Å². The van der Waals surface area contributed by atoms with E-state index < -0.39 is 0 Å². The Kier molecular flexibility index (Phi) is 3.33. The van der Waals surface area contributed by atoms with Crippen LogP contribution in [0.25, 0.3) is 0 Å². The third-order valence-corrected chi connectivity index (χ3v) is 4.68. The first-order valence-corrected chi connectivity index (χ1v) is 7.16. The fraction of sp³-hybridized carbons (Fsp3) is 0.643. The number of aromatic nitrogens is 2. The molecule has 6 heteroatoms. The van der Waals surface area contributed by atoms with Crippen LogP contribution in [-0.4, -0.2) is 34.6 Å². The summed E-state index contributed by atoms with van der Waals surface area (Å²) in [5.41, 5.74) is 6.04. The molecule has 1 aromatic rings. The highest BCUT2D eigenvalue weighted by Crippen LogP contribution is 2.57. The summed E-state index contributed by atoms with van der Waals surface area (Å²) >= 11 is 0. The van der Waals surface area contributed by atoms with Gasteiger partial charge in [0.25, 0.3) is 5.91 Å². The lowest BCUT2D eigenvalue weighted by Crippen LogP contribution is -2.67. The molecule has 0 aromatic carbocycles. The summed E-state index contributed by atoms with van der Waals surface area (Å²) in [5.74, 6) is -0.0600. The summed E-state index contributed by atoms with van der Waals surface area (Å²) in [6, 6.07) is 0.168. The summed E-state index contributed by atoms with van der Waals surface area (Å²) < 4.78 is 5.77. The fourth-order valence-corrected chi connectivity index (χ4v) is 3.39. The zero-order valence-corrected chi connectivity index (χ0v) is 11.6. The number of carbonyl (C=O) groups excluding carboxylic acids is 1. The first-order chi connectivity index (χ1) is 9.67. The zero-order chi connectivity index (χ0) is 14.2. The van der Waals surface area contributed by atoms with E-state index in [1.54, 1.807) is 0 Å². The van der Waals surface area contributed by atoms with Crippen molar-refractivity contribution in [3.63, 3.8) is 0 Å². The molecule has 1 aromatic heterocycles. The van der Waals surface area contributed by atoms with Gasteiger partial charge >= 0.3 is 0 Å². The normalized spacial score (nSPS) is 26.6. The van der Waals surface area contributed by atoms with Crippen LogP contribution in [0.4, 0.5) is 5.82 Å². The number of carbonyl (C=O) groups is 1. The molecule has 1 heterocycles. The zero-order valence-electron chi connectivity index (χ0n) is 11.6. The number of amides is 1. The highest BCUT2D eigenvalue weighted by Gasteiger charge is 2.59. The van der Waals surface area contributed by atoms with Crippen molar-refractivity contribution >= 4 is 11.7 Å². The van der Waals surface area contributed by atoms with Gasteiger partial charge in [0.1, 0.15) is 0 Å². The van der Waals surface area contributed by atoms with E-state index in [1.807, 2.05) is 6.92 Å². The SMILES string of the molecule is CCO[C@H]1C[C@H](NC(=O)c2nccnc2N)C12CCC2. The number of hydrogen-bond acceptors (Lipinski definition) is 5. The topological polar surface area (TPSA) is 90.1 Å². The Morgan fingerprint density at radius 2 is 2.25 bits per heavy atom. The van der Waals surface area contributed by atoms with E-state index in [2.05, 4.69) is 15.3 Å². The fourth-order valence-electron chi connectivity index (χ4n) is 3.39. The lowest BCUT2D eigenvalue weighted by Gasteiger charge is -2.60. The van der Waals surface area contributed by atoms with Crippen LogP contribution in [0.1, 0.15) is 43.1 Å². The minimum absolute atomic E-state index is 0.142. The van der Waals surface area contributed by atoms with Crippen LogP contribution >= 0.6 is 0 Å². The van der Waals surface area contributed by atoms with E-state index in [9.17, 15) is 4.79 Å². The van der Waals surface area contributed by atoms with E-state index >= 15 is 0 Å². The number of anilines is 1. The lowest BCUT2D eigenvalue weighted by molar-refractivity contribution is -0.169. The lowest BCUT2D eigenvalue weighted by atomic mass is 9.51. The van der Waals surface area contributed by atoms with Gasteiger partial charge in [-0.3, -0.25) is 4.79 Å². The average molecular weight is 276 g/mol. The largest absolute Gasteiger partial charge is 0.382 e. The molecule has 108 valence electrons. The highest BCUT2D eigenvalue weighted by atomic mass is 16.5.